The van der Waals surface area contributed by atoms with E-state index in [1.165, 1.54) is 4.88 Å². The summed E-state index contributed by atoms with van der Waals surface area (Å²) in [5, 5.41) is 21.2. The Morgan fingerprint density at radius 2 is 1.15 bits per heavy atom. The molecule has 0 aliphatic heterocycles. The third-order valence-corrected chi connectivity index (χ3v) is 6.84. The van der Waals surface area contributed by atoms with Crippen molar-refractivity contribution in [1.82, 2.24) is 0 Å². The predicted octanol–water partition coefficient (Wildman–Crippen LogP) is 9.19. The summed E-state index contributed by atoms with van der Waals surface area (Å²) in [6.45, 7) is 12.5. The molecule has 3 aromatic rings. The van der Waals surface area contributed by atoms with Crippen molar-refractivity contribution >= 4 is 72.3 Å². The van der Waals surface area contributed by atoms with E-state index in [1.54, 1.807) is 23.5 Å². The molecule has 0 fully saturated rings. The average Bonchev–Trinajstić information content (AvgIpc) is 3.19. The first-order valence-electron chi connectivity index (χ1n) is 9.77. The van der Waals surface area contributed by atoms with Gasteiger partial charge in [0.2, 0.25) is 0 Å². The van der Waals surface area contributed by atoms with Crippen LogP contribution < -0.4 is 0 Å². The first-order valence-corrected chi connectivity index (χ1v) is 13.1. The zero-order valence-corrected chi connectivity index (χ0v) is 26.8. The van der Waals surface area contributed by atoms with Gasteiger partial charge in [-0.1, -0.05) is 73.4 Å². The quantitative estimate of drug-likeness (QED) is 0.253. The van der Waals surface area contributed by atoms with E-state index in [2.05, 4.69) is 95.2 Å². The Labute approximate surface area is 243 Å². The van der Waals surface area contributed by atoms with E-state index in [4.69, 9.17) is 0 Å². The number of phenols is 2. The summed E-state index contributed by atoms with van der Waals surface area (Å²) in [5.41, 5.74) is 1.93. The molecular formula is C25H32Br2Cl2O2STi. The first-order chi connectivity index (χ1) is 14.3. The Bertz CT molecular complexity index is 922. The Morgan fingerprint density at radius 3 is 1.36 bits per heavy atom. The van der Waals surface area contributed by atoms with Crippen molar-refractivity contribution < 1.29 is 30.2 Å². The summed E-state index contributed by atoms with van der Waals surface area (Å²) in [5.74, 6) is 0.733. The van der Waals surface area contributed by atoms with Crippen LogP contribution >= 0.6 is 68.0 Å². The number of thiophene rings is 1. The second-order valence-electron chi connectivity index (χ2n) is 8.98. The van der Waals surface area contributed by atoms with Crippen LogP contribution in [0.4, 0.5) is 0 Å². The molecule has 0 aliphatic rings. The number of hydrogen-bond donors (Lipinski definition) is 2. The molecule has 182 valence electrons. The van der Waals surface area contributed by atoms with Crippen LogP contribution in [0, 0.1) is 0 Å². The molecular weight excluding hydrogens is 643 g/mol. The van der Waals surface area contributed by atoms with Gasteiger partial charge in [0.25, 0.3) is 0 Å². The van der Waals surface area contributed by atoms with Gasteiger partial charge in [-0.15, -0.1) is 24.8 Å². The molecule has 0 amide bonds. The summed E-state index contributed by atoms with van der Waals surface area (Å²) in [6.07, 6.45) is 0. The van der Waals surface area contributed by atoms with Crippen LogP contribution in [-0.2, 0) is 30.8 Å². The number of hydrogen-bond acceptors (Lipinski definition) is 3. The number of rotatable bonds is 1. The molecule has 0 unspecified atom stereocenters. The van der Waals surface area contributed by atoms with Crippen molar-refractivity contribution in [1.29, 1.82) is 0 Å². The fourth-order valence-corrected chi connectivity index (χ4v) is 4.32. The molecule has 0 bridgehead atoms. The van der Waals surface area contributed by atoms with E-state index in [0.29, 0.717) is 11.5 Å². The SMILES string of the molecule is CC(C)(C)c1cc(Br)ccc1O.CC(C)(C)c1cc(Br)ccc1O.Cl.Cl.[Ti]=[CH]c1cccs1. The molecule has 0 atom stereocenters. The Hall–Kier alpha value is -0.136. The van der Waals surface area contributed by atoms with Crippen molar-refractivity contribution in [2.75, 3.05) is 0 Å². The number of aromatic hydroxyl groups is 2. The molecule has 0 aliphatic carbocycles. The Balaban J connectivity index is 0. The number of halogens is 4. The molecule has 0 radical (unpaired) electrons. The van der Waals surface area contributed by atoms with Gasteiger partial charge in [-0.3, -0.25) is 0 Å². The molecule has 8 heteroatoms. The third-order valence-electron chi connectivity index (χ3n) is 4.22. The van der Waals surface area contributed by atoms with E-state index >= 15 is 0 Å². The molecule has 0 saturated carbocycles. The van der Waals surface area contributed by atoms with E-state index in [1.807, 2.05) is 44.2 Å². The summed E-state index contributed by atoms with van der Waals surface area (Å²) >= 11 is 10.6. The van der Waals surface area contributed by atoms with E-state index < -0.39 is 0 Å². The standard InChI is InChI=1S/2C10H13BrO.C5H4S.2ClH.Ti/c2*1-10(2,3)8-6-7(11)4-5-9(8)12;1-5-3-2-4-6-5;;;/h2*4-6,12H,1-3H3;1-4H;2*1H;. The van der Waals surface area contributed by atoms with Gasteiger partial charge >= 0.3 is 58.0 Å². The van der Waals surface area contributed by atoms with E-state index in [0.717, 1.165) is 20.1 Å². The summed E-state index contributed by atoms with van der Waals surface area (Å²) < 4.78 is 4.11. The Kier molecular flexibility index (Phi) is 16.7. The zero-order chi connectivity index (χ0) is 23.8. The second kappa shape index (κ2) is 15.8. The van der Waals surface area contributed by atoms with Crippen molar-refractivity contribution in [2.24, 2.45) is 0 Å². The molecule has 2 N–H and O–H groups in total. The third kappa shape index (κ3) is 12.9. The predicted molar refractivity (Wildman–Crippen MR) is 153 cm³/mol. The molecule has 0 spiro atoms. The number of benzene rings is 2. The van der Waals surface area contributed by atoms with Gasteiger partial charge in [-0.05, 0) is 47.2 Å². The van der Waals surface area contributed by atoms with Crippen molar-refractivity contribution in [3.8, 4) is 11.5 Å². The van der Waals surface area contributed by atoms with E-state index in [9.17, 15) is 10.2 Å². The van der Waals surface area contributed by atoms with Gasteiger partial charge < -0.3 is 10.2 Å². The minimum absolute atomic E-state index is 0. The maximum absolute atomic E-state index is 9.55. The summed E-state index contributed by atoms with van der Waals surface area (Å²) in [7, 11) is 0. The second-order valence-corrected chi connectivity index (χ2v) is 12.2. The minimum atomic E-state index is -0.00609. The molecule has 3 rings (SSSR count). The van der Waals surface area contributed by atoms with Gasteiger partial charge in [0, 0.05) is 20.1 Å². The van der Waals surface area contributed by atoms with Crippen LogP contribution in [0.3, 0.4) is 0 Å². The molecule has 1 heterocycles. The van der Waals surface area contributed by atoms with Crippen LogP contribution in [0.25, 0.3) is 0 Å². The fourth-order valence-electron chi connectivity index (χ4n) is 2.59. The van der Waals surface area contributed by atoms with E-state index in [-0.39, 0.29) is 35.6 Å². The average molecular weight is 675 g/mol. The van der Waals surface area contributed by atoms with Crippen LogP contribution in [0.15, 0.2) is 62.9 Å². The van der Waals surface area contributed by atoms with Crippen LogP contribution in [-0.4, -0.2) is 14.5 Å². The van der Waals surface area contributed by atoms with Crippen LogP contribution in [0.1, 0.15) is 57.5 Å². The molecule has 1 aromatic heterocycles. The first kappa shape index (κ1) is 35.0. The van der Waals surface area contributed by atoms with Crippen molar-refractivity contribution in [3.63, 3.8) is 0 Å². The van der Waals surface area contributed by atoms with Crippen LogP contribution in [0.5, 0.6) is 11.5 Å². The zero-order valence-electron chi connectivity index (χ0n) is 19.6. The number of phenolic OH excluding ortho intramolecular Hbond substituents is 2. The van der Waals surface area contributed by atoms with Crippen LogP contribution in [0.2, 0.25) is 0 Å². The maximum atomic E-state index is 9.55. The monoisotopic (exact) mass is 672 g/mol. The van der Waals surface area contributed by atoms with Gasteiger partial charge in [-0.25, -0.2) is 0 Å². The van der Waals surface area contributed by atoms with Gasteiger partial charge in [-0.2, -0.15) is 0 Å². The van der Waals surface area contributed by atoms with Crippen molar-refractivity contribution in [2.45, 2.75) is 52.4 Å². The molecule has 2 nitrogen and oxygen atoms in total. The molecule has 2 aromatic carbocycles. The van der Waals surface area contributed by atoms with Crippen molar-refractivity contribution in [3.05, 3.63) is 78.9 Å². The topological polar surface area (TPSA) is 40.5 Å². The normalized spacial score (nSPS) is 10.3. The molecule has 33 heavy (non-hydrogen) atoms. The van der Waals surface area contributed by atoms with Gasteiger partial charge in [0.15, 0.2) is 0 Å². The molecule has 0 saturated heterocycles. The Morgan fingerprint density at radius 1 is 0.758 bits per heavy atom. The fraction of sp³-hybridized carbons (Fsp3) is 0.320. The summed E-state index contributed by atoms with van der Waals surface area (Å²) in [6, 6.07) is 15.2. The summed E-state index contributed by atoms with van der Waals surface area (Å²) in [4.78, 5) is 1.35. The van der Waals surface area contributed by atoms with Gasteiger partial charge in [0.05, 0.1) is 0 Å². The van der Waals surface area contributed by atoms with Gasteiger partial charge in [0.1, 0.15) is 11.5 Å².